The normalized spacial score (nSPS) is 19.6. The maximum Gasteiger partial charge on any atom is 0.132 e. The summed E-state index contributed by atoms with van der Waals surface area (Å²) in [6.45, 7) is 6.96. The molecule has 0 aromatic carbocycles. The molecule has 4 rings (SSSR count). The van der Waals surface area contributed by atoms with Crippen LogP contribution < -0.4 is 4.90 Å². The summed E-state index contributed by atoms with van der Waals surface area (Å²) in [5, 5.41) is 7.87. The zero-order chi connectivity index (χ0) is 16.5. The molecule has 1 aliphatic carbocycles. The number of hydrogen-bond donors (Lipinski definition) is 0. The van der Waals surface area contributed by atoms with Gasteiger partial charge in [0.25, 0.3) is 0 Å². The van der Waals surface area contributed by atoms with Crippen LogP contribution in [-0.4, -0.2) is 50.4 Å². The van der Waals surface area contributed by atoms with Crippen molar-refractivity contribution in [3.8, 4) is 0 Å². The van der Waals surface area contributed by atoms with Crippen LogP contribution in [-0.2, 0) is 6.54 Å². The van der Waals surface area contributed by atoms with Gasteiger partial charge in [0.2, 0.25) is 0 Å². The summed E-state index contributed by atoms with van der Waals surface area (Å²) < 4.78 is 4.81. The van der Waals surface area contributed by atoms with Crippen molar-refractivity contribution < 1.29 is 4.63 Å². The highest BCUT2D eigenvalue weighted by atomic mass is 16.6. The smallest absolute Gasteiger partial charge is 0.132 e. The van der Waals surface area contributed by atoms with Crippen molar-refractivity contribution in [2.75, 3.05) is 18.0 Å². The first kappa shape index (κ1) is 15.5. The van der Waals surface area contributed by atoms with Crippen LogP contribution in [0.25, 0.3) is 0 Å². The van der Waals surface area contributed by atoms with E-state index in [-0.39, 0.29) is 0 Å². The molecular formula is C17H24N6O. The summed E-state index contributed by atoms with van der Waals surface area (Å²) in [7, 11) is 0. The molecule has 2 aromatic heterocycles. The molecule has 2 fully saturated rings. The minimum atomic E-state index is 0.569. The van der Waals surface area contributed by atoms with E-state index in [0.717, 1.165) is 55.4 Å². The summed E-state index contributed by atoms with van der Waals surface area (Å²) in [5.74, 6) is 1.10. The minimum Gasteiger partial charge on any atom is -0.350 e. The Morgan fingerprint density at radius 3 is 2.46 bits per heavy atom. The Balaban J connectivity index is 1.41. The number of aryl methyl sites for hydroxylation is 2. The van der Waals surface area contributed by atoms with E-state index in [4.69, 9.17) is 4.63 Å². The molecule has 0 amide bonds. The molecule has 0 unspecified atom stereocenters. The van der Waals surface area contributed by atoms with Gasteiger partial charge in [0.15, 0.2) is 0 Å². The van der Waals surface area contributed by atoms with Gasteiger partial charge < -0.3 is 4.90 Å². The Morgan fingerprint density at radius 1 is 1.08 bits per heavy atom. The van der Waals surface area contributed by atoms with Crippen molar-refractivity contribution in [1.29, 1.82) is 0 Å². The Kier molecular flexibility index (Phi) is 4.18. The first-order valence-electron chi connectivity index (χ1n) is 8.78. The minimum absolute atomic E-state index is 0.569. The van der Waals surface area contributed by atoms with Gasteiger partial charge in [0.1, 0.15) is 23.5 Å². The van der Waals surface area contributed by atoms with Crippen LogP contribution in [0.5, 0.6) is 0 Å². The van der Waals surface area contributed by atoms with Gasteiger partial charge in [-0.15, -0.1) is 0 Å². The van der Waals surface area contributed by atoms with Crippen molar-refractivity contribution >= 4 is 5.82 Å². The number of rotatable bonds is 5. The first-order chi connectivity index (χ1) is 11.7. The molecule has 1 aliphatic heterocycles. The fraction of sp³-hybridized carbons (Fsp3) is 0.647. The molecule has 7 heteroatoms. The van der Waals surface area contributed by atoms with Crippen LogP contribution in [0.4, 0.5) is 5.82 Å². The van der Waals surface area contributed by atoms with Crippen LogP contribution in [0, 0.1) is 13.8 Å². The summed E-state index contributed by atoms with van der Waals surface area (Å²) in [4.78, 5) is 13.8. The summed E-state index contributed by atoms with van der Waals surface area (Å²) in [6.07, 6.45) is 6.57. The monoisotopic (exact) mass is 328 g/mol. The third-order valence-electron chi connectivity index (χ3n) is 5.06. The van der Waals surface area contributed by atoms with E-state index < -0.39 is 0 Å². The average Bonchev–Trinajstić information content (AvgIpc) is 3.33. The maximum atomic E-state index is 4.81. The SMILES string of the molecule is Cc1cc(N(C2CC2)C2CCN(Cc3nonc3C)CC2)ncn1. The van der Waals surface area contributed by atoms with Crippen LogP contribution in [0.15, 0.2) is 17.0 Å². The predicted molar refractivity (Wildman–Crippen MR) is 89.6 cm³/mol. The summed E-state index contributed by atoms with van der Waals surface area (Å²) in [5.41, 5.74) is 2.89. The van der Waals surface area contributed by atoms with Gasteiger partial charge >= 0.3 is 0 Å². The van der Waals surface area contributed by atoms with Crippen molar-refractivity contribution in [3.63, 3.8) is 0 Å². The second kappa shape index (κ2) is 6.47. The fourth-order valence-electron chi connectivity index (χ4n) is 3.57. The van der Waals surface area contributed by atoms with Gasteiger partial charge in [0.05, 0.1) is 0 Å². The largest absolute Gasteiger partial charge is 0.350 e. The maximum absolute atomic E-state index is 4.81. The second-order valence-corrected chi connectivity index (χ2v) is 6.96. The van der Waals surface area contributed by atoms with Gasteiger partial charge in [-0.2, -0.15) is 0 Å². The molecule has 3 heterocycles. The molecular weight excluding hydrogens is 304 g/mol. The van der Waals surface area contributed by atoms with Gasteiger partial charge in [-0.1, -0.05) is 10.3 Å². The van der Waals surface area contributed by atoms with Gasteiger partial charge in [-0.25, -0.2) is 14.6 Å². The highest BCUT2D eigenvalue weighted by molar-refractivity contribution is 5.43. The third-order valence-corrected chi connectivity index (χ3v) is 5.06. The highest BCUT2D eigenvalue weighted by Crippen LogP contribution is 2.35. The number of hydrogen-bond acceptors (Lipinski definition) is 7. The average molecular weight is 328 g/mol. The molecule has 1 saturated carbocycles. The van der Waals surface area contributed by atoms with Crippen molar-refractivity contribution in [3.05, 3.63) is 29.5 Å². The van der Waals surface area contributed by atoms with Gasteiger partial charge in [-0.05, 0) is 39.5 Å². The quantitative estimate of drug-likeness (QED) is 0.832. The lowest BCUT2D eigenvalue weighted by Gasteiger charge is -2.39. The Labute approximate surface area is 142 Å². The van der Waals surface area contributed by atoms with E-state index in [1.54, 1.807) is 6.33 Å². The molecule has 0 atom stereocenters. The molecule has 0 bridgehead atoms. The molecule has 2 aliphatic rings. The lowest BCUT2D eigenvalue weighted by atomic mass is 10.0. The fourth-order valence-corrected chi connectivity index (χ4v) is 3.57. The second-order valence-electron chi connectivity index (χ2n) is 6.96. The third kappa shape index (κ3) is 3.26. The number of nitrogens with zero attached hydrogens (tertiary/aromatic N) is 6. The van der Waals surface area contributed by atoms with Crippen LogP contribution in [0.3, 0.4) is 0 Å². The zero-order valence-corrected chi connectivity index (χ0v) is 14.4. The van der Waals surface area contributed by atoms with Crippen LogP contribution >= 0.6 is 0 Å². The molecule has 0 radical (unpaired) electrons. The van der Waals surface area contributed by atoms with E-state index in [9.17, 15) is 0 Å². The Morgan fingerprint density at radius 2 is 1.83 bits per heavy atom. The molecule has 0 spiro atoms. The van der Waals surface area contributed by atoms with E-state index in [1.807, 2.05) is 13.8 Å². The standard InChI is InChI=1S/C17H24N6O/c1-12-9-17(19-11-18-12)23(14-3-4-14)15-5-7-22(8-6-15)10-16-13(2)20-24-21-16/h9,11,14-15H,3-8,10H2,1-2H3. The van der Waals surface area contributed by atoms with Crippen LogP contribution in [0.2, 0.25) is 0 Å². The van der Waals surface area contributed by atoms with E-state index in [1.165, 1.54) is 12.8 Å². The van der Waals surface area contributed by atoms with E-state index in [0.29, 0.717) is 12.1 Å². The first-order valence-corrected chi connectivity index (χ1v) is 8.78. The topological polar surface area (TPSA) is 71.2 Å². The molecule has 24 heavy (non-hydrogen) atoms. The van der Waals surface area contributed by atoms with Crippen molar-refractivity contribution in [1.82, 2.24) is 25.2 Å². The highest BCUT2D eigenvalue weighted by Gasteiger charge is 2.36. The number of likely N-dealkylation sites (tertiary alicyclic amines) is 1. The number of piperidine rings is 1. The molecule has 7 nitrogen and oxygen atoms in total. The predicted octanol–water partition coefficient (Wildman–Crippen LogP) is 2.11. The van der Waals surface area contributed by atoms with Crippen LogP contribution in [0.1, 0.15) is 42.8 Å². The Bertz CT molecular complexity index is 690. The lowest BCUT2D eigenvalue weighted by molar-refractivity contribution is 0.194. The van der Waals surface area contributed by atoms with Crippen molar-refractivity contribution in [2.24, 2.45) is 0 Å². The van der Waals surface area contributed by atoms with Crippen molar-refractivity contribution in [2.45, 2.75) is 58.2 Å². The number of anilines is 1. The Hall–Kier alpha value is -2.02. The molecule has 2 aromatic rings. The summed E-state index contributed by atoms with van der Waals surface area (Å²) in [6, 6.07) is 3.35. The molecule has 128 valence electrons. The zero-order valence-electron chi connectivity index (χ0n) is 14.4. The lowest BCUT2D eigenvalue weighted by Crippen LogP contribution is -2.46. The van der Waals surface area contributed by atoms with E-state index >= 15 is 0 Å². The molecule has 0 N–H and O–H groups in total. The molecule has 1 saturated heterocycles. The van der Waals surface area contributed by atoms with Gasteiger partial charge in [-0.3, -0.25) is 4.90 Å². The van der Waals surface area contributed by atoms with E-state index in [2.05, 4.69) is 36.1 Å². The van der Waals surface area contributed by atoms with Gasteiger partial charge in [0, 0.05) is 43.5 Å². The number of aromatic nitrogens is 4. The summed E-state index contributed by atoms with van der Waals surface area (Å²) >= 11 is 0.